The van der Waals surface area contributed by atoms with Crippen molar-refractivity contribution in [1.82, 2.24) is 15.2 Å². The Morgan fingerprint density at radius 3 is 3.09 bits per heavy atom. The number of hydrogen-bond acceptors (Lipinski definition) is 3. The van der Waals surface area contributed by atoms with Gasteiger partial charge in [0.1, 0.15) is 5.82 Å². The van der Waals surface area contributed by atoms with Crippen molar-refractivity contribution in [2.24, 2.45) is 0 Å². The number of nitrogens with one attached hydrogen (secondary N) is 1. The molecule has 2 heterocycles. The van der Waals surface area contributed by atoms with Gasteiger partial charge in [-0.2, -0.15) is 5.10 Å². The smallest absolute Gasteiger partial charge is 0.184 e. The van der Waals surface area contributed by atoms with Gasteiger partial charge in [0.05, 0.1) is 5.39 Å². The molecule has 0 atom stereocenters. The van der Waals surface area contributed by atoms with Gasteiger partial charge in [0.15, 0.2) is 5.65 Å². The van der Waals surface area contributed by atoms with E-state index in [1.165, 1.54) is 0 Å². The number of halogens is 1. The number of hydrogen-bond donors (Lipinski definition) is 2. The van der Waals surface area contributed by atoms with Gasteiger partial charge in [-0.25, -0.2) is 4.98 Å². The largest absolute Gasteiger partial charge is 0.383 e. The molecule has 0 radical (unpaired) electrons. The molecule has 0 aromatic carbocycles. The summed E-state index contributed by atoms with van der Waals surface area (Å²) in [7, 11) is 0. The van der Waals surface area contributed by atoms with Crippen LogP contribution in [-0.2, 0) is 0 Å². The summed E-state index contributed by atoms with van der Waals surface area (Å²) in [5, 5.41) is 7.38. The van der Waals surface area contributed by atoms with E-state index in [2.05, 4.69) is 31.1 Å². The quantitative estimate of drug-likeness (QED) is 0.692. The highest BCUT2D eigenvalue weighted by Gasteiger charge is 2.05. The third-order valence-electron chi connectivity index (χ3n) is 1.43. The zero-order valence-corrected chi connectivity index (χ0v) is 7.09. The Hall–Kier alpha value is -1.10. The average Bonchev–Trinajstić information content (AvgIpc) is 2.34. The number of H-pyrrole nitrogens is 1. The van der Waals surface area contributed by atoms with Crippen LogP contribution in [0, 0.1) is 0 Å². The first-order chi connectivity index (χ1) is 5.29. The number of anilines is 1. The zero-order valence-electron chi connectivity index (χ0n) is 5.50. The van der Waals surface area contributed by atoms with Gasteiger partial charge in [-0.05, 0) is 22.0 Å². The van der Waals surface area contributed by atoms with Crippen molar-refractivity contribution in [2.75, 3.05) is 5.73 Å². The van der Waals surface area contributed by atoms with Crippen LogP contribution in [0.25, 0.3) is 11.0 Å². The molecule has 5 heteroatoms. The molecule has 0 amide bonds. The predicted molar refractivity (Wildman–Crippen MR) is 46.0 cm³/mol. The molecule has 11 heavy (non-hydrogen) atoms. The summed E-state index contributed by atoms with van der Waals surface area (Å²) in [5.74, 6) is 0.542. The average molecular weight is 213 g/mol. The monoisotopic (exact) mass is 212 g/mol. The lowest BCUT2D eigenvalue weighted by atomic mass is 10.3. The third kappa shape index (κ3) is 0.883. The summed E-state index contributed by atoms with van der Waals surface area (Å²) in [6, 6.07) is 1.83. The van der Waals surface area contributed by atoms with Crippen LogP contribution in [0.15, 0.2) is 16.7 Å². The van der Waals surface area contributed by atoms with E-state index in [4.69, 9.17) is 5.73 Å². The van der Waals surface area contributed by atoms with Crippen molar-refractivity contribution in [3.05, 3.63) is 16.7 Å². The molecule has 0 bridgehead atoms. The van der Waals surface area contributed by atoms with Crippen molar-refractivity contribution in [1.29, 1.82) is 0 Å². The maximum Gasteiger partial charge on any atom is 0.184 e. The van der Waals surface area contributed by atoms with Crippen molar-refractivity contribution in [3.63, 3.8) is 0 Å². The molecule has 0 aliphatic rings. The van der Waals surface area contributed by atoms with Crippen LogP contribution < -0.4 is 5.73 Å². The number of nitrogens with zero attached hydrogens (tertiary/aromatic N) is 2. The minimum atomic E-state index is 0.542. The molecule has 3 N–H and O–H groups in total. The molecule has 56 valence electrons. The summed E-state index contributed by atoms with van der Waals surface area (Å²) in [6.07, 6.45) is 1.67. The Bertz CT molecular complexity index is 394. The lowest BCUT2D eigenvalue weighted by molar-refractivity contribution is 1.10. The van der Waals surface area contributed by atoms with Crippen molar-refractivity contribution >= 4 is 32.8 Å². The number of fused-ring (bicyclic) bond motifs is 1. The van der Waals surface area contributed by atoms with Crippen LogP contribution in [0.5, 0.6) is 0 Å². The fourth-order valence-corrected chi connectivity index (χ4v) is 1.44. The number of pyridine rings is 1. The van der Waals surface area contributed by atoms with Crippen LogP contribution in [-0.4, -0.2) is 15.2 Å². The molecule has 0 saturated heterocycles. The highest BCUT2D eigenvalue weighted by molar-refractivity contribution is 9.10. The molecule has 2 aromatic heterocycles. The van der Waals surface area contributed by atoms with Gasteiger partial charge in [-0.3, -0.25) is 5.10 Å². The van der Waals surface area contributed by atoms with E-state index in [0.29, 0.717) is 11.5 Å². The Morgan fingerprint density at radius 1 is 1.55 bits per heavy atom. The Kier molecular flexibility index (Phi) is 1.32. The summed E-state index contributed by atoms with van der Waals surface area (Å²) in [5.41, 5.74) is 6.22. The van der Waals surface area contributed by atoms with Crippen molar-refractivity contribution < 1.29 is 0 Å². The minimum absolute atomic E-state index is 0.542. The molecule has 0 saturated carbocycles. The fraction of sp³-hybridized carbons (Fsp3) is 0. The lowest BCUT2D eigenvalue weighted by Crippen LogP contribution is -1.84. The lowest BCUT2D eigenvalue weighted by Gasteiger charge is -1.90. The highest BCUT2D eigenvalue weighted by atomic mass is 79.9. The van der Waals surface area contributed by atoms with Crippen LogP contribution in [0.3, 0.4) is 0 Å². The molecule has 2 rings (SSSR count). The van der Waals surface area contributed by atoms with Gasteiger partial charge in [0.2, 0.25) is 0 Å². The maximum atomic E-state index is 5.59. The zero-order chi connectivity index (χ0) is 7.84. The topological polar surface area (TPSA) is 67.6 Å². The molecule has 2 aromatic rings. The molecule has 0 fully saturated rings. The molecule has 0 aliphatic heterocycles. The van der Waals surface area contributed by atoms with Gasteiger partial charge in [0.25, 0.3) is 0 Å². The van der Waals surface area contributed by atoms with Gasteiger partial charge >= 0.3 is 0 Å². The van der Waals surface area contributed by atoms with Crippen LogP contribution >= 0.6 is 15.9 Å². The Morgan fingerprint density at radius 2 is 2.36 bits per heavy atom. The molecule has 0 aliphatic carbocycles. The molecule has 0 spiro atoms. The van der Waals surface area contributed by atoms with E-state index in [-0.39, 0.29) is 0 Å². The van der Waals surface area contributed by atoms with Crippen molar-refractivity contribution in [2.45, 2.75) is 0 Å². The summed E-state index contributed by atoms with van der Waals surface area (Å²) < 4.78 is 0.911. The molecular weight excluding hydrogens is 208 g/mol. The molecule has 0 unspecified atom stereocenters. The normalized spacial score (nSPS) is 10.6. The third-order valence-corrected chi connectivity index (χ3v) is 2.09. The fourth-order valence-electron chi connectivity index (χ4n) is 0.931. The van der Waals surface area contributed by atoms with Crippen molar-refractivity contribution in [3.8, 4) is 0 Å². The Labute approximate surface area is 70.9 Å². The standard InChI is InChI=1S/C6H5BrN4/c7-3-1-2-9-6-4(3)5(8)10-11-6/h1-2H,(H3,8,9,10,11). The highest BCUT2D eigenvalue weighted by Crippen LogP contribution is 2.24. The molecule has 4 nitrogen and oxygen atoms in total. The van der Waals surface area contributed by atoms with E-state index in [1.54, 1.807) is 6.20 Å². The molecular formula is C6H5BrN4. The van der Waals surface area contributed by atoms with Crippen LogP contribution in [0.1, 0.15) is 0 Å². The van der Waals surface area contributed by atoms with Crippen LogP contribution in [0.4, 0.5) is 5.82 Å². The second-order valence-corrected chi connectivity index (χ2v) is 2.98. The number of rotatable bonds is 0. The summed E-state index contributed by atoms with van der Waals surface area (Å²) in [6.45, 7) is 0. The first-order valence-corrected chi connectivity index (χ1v) is 3.82. The van der Waals surface area contributed by atoms with Gasteiger partial charge < -0.3 is 5.73 Å². The van der Waals surface area contributed by atoms with Gasteiger partial charge in [-0.1, -0.05) is 0 Å². The van der Waals surface area contributed by atoms with Gasteiger partial charge in [-0.15, -0.1) is 0 Å². The predicted octanol–water partition coefficient (Wildman–Crippen LogP) is 1.30. The number of nitrogens with two attached hydrogens (primary N) is 1. The Balaban J connectivity index is 2.96. The maximum absolute atomic E-state index is 5.59. The van der Waals surface area contributed by atoms with E-state index in [0.717, 1.165) is 9.86 Å². The first-order valence-electron chi connectivity index (χ1n) is 3.03. The van der Waals surface area contributed by atoms with E-state index >= 15 is 0 Å². The second kappa shape index (κ2) is 2.20. The summed E-state index contributed by atoms with van der Waals surface area (Å²) >= 11 is 3.35. The second-order valence-electron chi connectivity index (χ2n) is 2.13. The van der Waals surface area contributed by atoms with E-state index in [9.17, 15) is 0 Å². The van der Waals surface area contributed by atoms with Crippen LogP contribution in [0.2, 0.25) is 0 Å². The number of nitrogen functional groups attached to an aromatic ring is 1. The van der Waals surface area contributed by atoms with E-state index in [1.807, 2.05) is 6.07 Å². The van der Waals surface area contributed by atoms with Gasteiger partial charge in [0, 0.05) is 10.7 Å². The number of aromatic amines is 1. The number of aromatic nitrogens is 3. The minimum Gasteiger partial charge on any atom is -0.383 e. The SMILES string of the molecule is Nc1[nH]nc2nccc(Br)c12. The first kappa shape index (κ1) is 6.60. The summed E-state index contributed by atoms with van der Waals surface area (Å²) in [4.78, 5) is 4.01. The van der Waals surface area contributed by atoms with E-state index < -0.39 is 0 Å².